The van der Waals surface area contributed by atoms with Crippen LogP contribution in [0.4, 0.5) is 0 Å². The fraction of sp³-hybridized carbons (Fsp3) is 0. The number of para-hydroxylation sites is 3. The molecule has 10 aromatic rings. The fourth-order valence-electron chi connectivity index (χ4n) is 6.79. The Kier molecular flexibility index (Phi) is 4.57. The molecule has 0 aliphatic heterocycles. The highest BCUT2D eigenvalue weighted by atomic mass is 32.1. The Morgan fingerprint density at radius 2 is 1.26 bits per heavy atom. The summed E-state index contributed by atoms with van der Waals surface area (Å²) in [7, 11) is 0. The van der Waals surface area contributed by atoms with Gasteiger partial charge in [-0.3, -0.25) is 4.57 Å². The summed E-state index contributed by atoms with van der Waals surface area (Å²) in [6.45, 7) is 0. The number of hydrogen-bond donors (Lipinski definition) is 0. The summed E-state index contributed by atoms with van der Waals surface area (Å²) in [5.41, 5.74) is 6.76. The Bertz CT molecular complexity index is 2750. The predicted octanol–water partition coefficient (Wildman–Crippen LogP) is 10.7. The van der Waals surface area contributed by atoms with E-state index < -0.39 is 0 Å². The van der Waals surface area contributed by atoms with Crippen LogP contribution in [-0.2, 0) is 0 Å². The molecule has 0 atom stereocenters. The molecule has 4 heterocycles. The van der Waals surface area contributed by atoms with Gasteiger partial charge in [0.25, 0.3) is 0 Å². The van der Waals surface area contributed by atoms with Gasteiger partial charge in [-0.2, -0.15) is 0 Å². The van der Waals surface area contributed by atoms with Crippen molar-refractivity contribution in [3.63, 3.8) is 0 Å². The van der Waals surface area contributed by atoms with E-state index in [2.05, 4.69) is 108 Å². The van der Waals surface area contributed by atoms with Gasteiger partial charge in [0.2, 0.25) is 5.95 Å². The van der Waals surface area contributed by atoms with Gasteiger partial charge in [-0.25, -0.2) is 9.97 Å². The summed E-state index contributed by atoms with van der Waals surface area (Å²) in [6, 6.07) is 44.5. The summed E-state index contributed by atoms with van der Waals surface area (Å²) in [5.74, 6) is 0.658. The first kappa shape index (κ1) is 23.1. The maximum Gasteiger partial charge on any atom is 0.235 e. The molecule has 0 aliphatic rings. The standard InChI is InChI=1S/C38H21N3OS/c1-5-15-28-24(11-1)36(27-14-9-18-32-34(27)26-13-3-7-17-31(26)42-32)40-38(39-28)41-29-16-6-2-12-25(29)35-30(41)21-20-23-22-10-4-8-19-33(22)43-37(23)35/h1-21H. The SMILES string of the molecule is c1ccc2c(-c3cccc4oc5ccccc5c34)nc(-n3c4ccccc4c4c5sc6ccccc6c5ccc43)nc2c1. The van der Waals surface area contributed by atoms with Crippen LogP contribution in [0, 0.1) is 0 Å². The molecule has 0 aliphatic carbocycles. The molecule has 0 spiro atoms. The maximum absolute atomic E-state index is 6.26. The van der Waals surface area contributed by atoms with Gasteiger partial charge in [0.15, 0.2) is 0 Å². The highest BCUT2D eigenvalue weighted by Crippen LogP contribution is 2.44. The van der Waals surface area contributed by atoms with Crippen LogP contribution in [0.3, 0.4) is 0 Å². The van der Waals surface area contributed by atoms with Gasteiger partial charge >= 0.3 is 0 Å². The molecular weight excluding hydrogens is 547 g/mol. The Morgan fingerprint density at radius 3 is 2.19 bits per heavy atom. The number of furan rings is 1. The first-order chi connectivity index (χ1) is 21.3. The summed E-state index contributed by atoms with van der Waals surface area (Å²) in [6.07, 6.45) is 0. The molecule has 43 heavy (non-hydrogen) atoms. The van der Waals surface area contributed by atoms with E-state index in [4.69, 9.17) is 14.4 Å². The van der Waals surface area contributed by atoms with E-state index in [9.17, 15) is 0 Å². The predicted molar refractivity (Wildman–Crippen MR) is 179 cm³/mol. The van der Waals surface area contributed by atoms with E-state index in [0.29, 0.717) is 5.95 Å². The minimum absolute atomic E-state index is 0.658. The van der Waals surface area contributed by atoms with E-state index in [1.165, 1.54) is 30.9 Å². The second-order valence-corrected chi connectivity index (χ2v) is 12.0. The second-order valence-electron chi connectivity index (χ2n) is 11.0. The summed E-state index contributed by atoms with van der Waals surface area (Å²) < 4.78 is 11.1. The van der Waals surface area contributed by atoms with Crippen molar-refractivity contribution >= 4 is 86.2 Å². The molecule has 0 amide bonds. The van der Waals surface area contributed by atoms with Crippen LogP contribution in [0.5, 0.6) is 0 Å². The third-order valence-corrected chi connectivity index (χ3v) is 9.83. The summed E-state index contributed by atoms with van der Waals surface area (Å²) in [4.78, 5) is 10.6. The molecule has 0 saturated heterocycles. The molecule has 6 aromatic carbocycles. The first-order valence-electron chi connectivity index (χ1n) is 14.3. The lowest BCUT2D eigenvalue weighted by Gasteiger charge is -2.12. The molecule has 200 valence electrons. The zero-order valence-electron chi connectivity index (χ0n) is 22.8. The molecule has 0 N–H and O–H groups in total. The van der Waals surface area contributed by atoms with Gasteiger partial charge in [-0.1, -0.05) is 91.0 Å². The Hall–Kier alpha value is -5.52. The largest absolute Gasteiger partial charge is 0.456 e. The van der Waals surface area contributed by atoms with Crippen LogP contribution in [-0.4, -0.2) is 14.5 Å². The van der Waals surface area contributed by atoms with Crippen molar-refractivity contribution in [3.05, 3.63) is 127 Å². The van der Waals surface area contributed by atoms with E-state index >= 15 is 0 Å². The Balaban J connectivity index is 1.34. The highest BCUT2D eigenvalue weighted by molar-refractivity contribution is 7.26. The smallest absolute Gasteiger partial charge is 0.235 e. The van der Waals surface area contributed by atoms with E-state index in [1.807, 2.05) is 35.6 Å². The summed E-state index contributed by atoms with van der Waals surface area (Å²) in [5, 5.41) is 8.20. The molecule has 0 fully saturated rings. The van der Waals surface area contributed by atoms with E-state index in [-0.39, 0.29) is 0 Å². The number of rotatable bonds is 2. The Morgan fingerprint density at radius 1 is 0.512 bits per heavy atom. The molecule has 0 saturated carbocycles. The van der Waals surface area contributed by atoms with Crippen molar-refractivity contribution in [1.29, 1.82) is 0 Å². The summed E-state index contributed by atoms with van der Waals surface area (Å²) >= 11 is 1.86. The van der Waals surface area contributed by atoms with Crippen LogP contribution >= 0.6 is 11.3 Å². The van der Waals surface area contributed by atoms with Gasteiger partial charge in [0, 0.05) is 52.7 Å². The monoisotopic (exact) mass is 567 g/mol. The van der Waals surface area contributed by atoms with Gasteiger partial charge in [0.05, 0.1) is 22.2 Å². The lowest BCUT2D eigenvalue weighted by atomic mass is 10.0. The van der Waals surface area contributed by atoms with Gasteiger partial charge < -0.3 is 4.42 Å². The molecule has 0 bridgehead atoms. The fourth-order valence-corrected chi connectivity index (χ4v) is 8.05. The van der Waals surface area contributed by atoms with Crippen molar-refractivity contribution in [3.8, 4) is 17.2 Å². The number of benzene rings is 6. The van der Waals surface area contributed by atoms with Crippen LogP contribution in [0.25, 0.3) is 92.0 Å². The minimum atomic E-state index is 0.658. The van der Waals surface area contributed by atoms with Crippen LogP contribution in [0.15, 0.2) is 132 Å². The van der Waals surface area contributed by atoms with Crippen molar-refractivity contribution in [2.75, 3.05) is 0 Å². The number of nitrogens with zero attached hydrogens (tertiary/aromatic N) is 3. The average molecular weight is 568 g/mol. The Labute approximate surface area is 249 Å². The molecule has 0 unspecified atom stereocenters. The highest BCUT2D eigenvalue weighted by Gasteiger charge is 2.21. The topological polar surface area (TPSA) is 43.9 Å². The van der Waals surface area contributed by atoms with Crippen molar-refractivity contribution < 1.29 is 4.42 Å². The van der Waals surface area contributed by atoms with E-state index in [1.54, 1.807) is 0 Å². The number of hydrogen-bond acceptors (Lipinski definition) is 4. The van der Waals surface area contributed by atoms with Crippen LogP contribution in [0.2, 0.25) is 0 Å². The van der Waals surface area contributed by atoms with Gasteiger partial charge in [-0.15, -0.1) is 11.3 Å². The number of fused-ring (bicyclic) bond motifs is 11. The minimum Gasteiger partial charge on any atom is -0.456 e. The maximum atomic E-state index is 6.26. The zero-order valence-corrected chi connectivity index (χ0v) is 23.6. The molecule has 4 aromatic heterocycles. The molecule has 4 nitrogen and oxygen atoms in total. The molecular formula is C38H21N3OS. The van der Waals surface area contributed by atoms with Gasteiger partial charge in [-0.05, 0) is 36.4 Å². The third-order valence-electron chi connectivity index (χ3n) is 8.63. The van der Waals surface area contributed by atoms with Crippen LogP contribution < -0.4 is 0 Å². The second kappa shape index (κ2) is 8.51. The lowest BCUT2D eigenvalue weighted by molar-refractivity contribution is 0.669. The van der Waals surface area contributed by atoms with Gasteiger partial charge in [0.1, 0.15) is 11.2 Å². The lowest BCUT2D eigenvalue weighted by Crippen LogP contribution is -2.03. The first-order valence-corrected chi connectivity index (χ1v) is 15.2. The number of thiophene rings is 1. The van der Waals surface area contributed by atoms with E-state index in [0.717, 1.165) is 55.1 Å². The van der Waals surface area contributed by atoms with Crippen molar-refractivity contribution in [2.45, 2.75) is 0 Å². The number of aromatic nitrogens is 3. The van der Waals surface area contributed by atoms with Crippen molar-refractivity contribution in [1.82, 2.24) is 14.5 Å². The van der Waals surface area contributed by atoms with Crippen LogP contribution in [0.1, 0.15) is 0 Å². The quantitative estimate of drug-likeness (QED) is 0.209. The molecule has 5 heteroatoms. The zero-order chi connectivity index (χ0) is 28.1. The molecule has 10 rings (SSSR count). The normalized spacial score (nSPS) is 12.2. The average Bonchev–Trinajstić information content (AvgIpc) is 3.73. The van der Waals surface area contributed by atoms with Crippen molar-refractivity contribution in [2.24, 2.45) is 0 Å². The molecule has 0 radical (unpaired) electrons. The third kappa shape index (κ3) is 3.14.